The number of aliphatic hydroxyl groups is 1. The first-order valence-corrected chi connectivity index (χ1v) is 12.5. The first-order valence-electron chi connectivity index (χ1n) is 12.5. The van der Waals surface area contributed by atoms with Crippen molar-refractivity contribution in [3.8, 4) is 0 Å². The molecule has 1 aliphatic carbocycles. The standard InChI is InChI=1S/C27H41N3O5/c1-6-17-30(25(33)22(18-31)29-26(34)35-27(3,4)5)23(20-15-13-19(7-2)14-16-20)24(32)28-21-11-9-8-10-12-21/h6,13-16,21-23,31H,1,7-12,17-18H2,2-5H3,(H,28,32)(H,29,34). The molecule has 2 atom stereocenters. The Hall–Kier alpha value is -2.87. The van der Waals surface area contributed by atoms with E-state index in [9.17, 15) is 19.5 Å². The number of alkyl carbamates (subject to hydrolysis) is 1. The Bertz CT molecular complexity index is 857. The van der Waals surface area contributed by atoms with E-state index in [-0.39, 0.29) is 18.5 Å². The Morgan fingerprint density at radius 2 is 1.80 bits per heavy atom. The predicted octanol–water partition coefficient (Wildman–Crippen LogP) is 3.64. The van der Waals surface area contributed by atoms with Crippen LogP contribution in [0.4, 0.5) is 4.79 Å². The van der Waals surface area contributed by atoms with Crippen molar-refractivity contribution < 1.29 is 24.2 Å². The van der Waals surface area contributed by atoms with Crippen LogP contribution in [0, 0.1) is 0 Å². The minimum atomic E-state index is -1.27. The van der Waals surface area contributed by atoms with Crippen molar-refractivity contribution in [3.63, 3.8) is 0 Å². The molecule has 3 N–H and O–H groups in total. The molecular formula is C27H41N3O5. The van der Waals surface area contributed by atoms with Gasteiger partial charge in [0.1, 0.15) is 17.7 Å². The average Bonchev–Trinajstić information content (AvgIpc) is 2.81. The van der Waals surface area contributed by atoms with Gasteiger partial charge in [0.2, 0.25) is 11.8 Å². The van der Waals surface area contributed by atoms with Crippen LogP contribution in [0.5, 0.6) is 0 Å². The lowest BCUT2D eigenvalue weighted by Crippen LogP contribution is -2.55. The van der Waals surface area contributed by atoms with Crippen molar-refractivity contribution >= 4 is 17.9 Å². The molecular weight excluding hydrogens is 446 g/mol. The molecule has 0 spiro atoms. The third kappa shape index (κ3) is 8.69. The van der Waals surface area contributed by atoms with Crippen molar-refractivity contribution in [3.05, 3.63) is 48.0 Å². The normalized spacial score (nSPS) is 16.0. The number of aliphatic hydroxyl groups excluding tert-OH is 1. The van der Waals surface area contributed by atoms with Gasteiger partial charge < -0.3 is 25.4 Å². The summed E-state index contributed by atoms with van der Waals surface area (Å²) < 4.78 is 5.25. The van der Waals surface area contributed by atoms with Crippen molar-refractivity contribution in [2.45, 2.75) is 89.9 Å². The second-order valence-corrected chi connectivity index (χ2v) is 10.0. The molecule has 2 rings (SSSR count). The first-order chi connectivity index (χ1) is 16.6. The Kier molecular flexibility index (Phi) is 10.8. The number of hydrogen-bond donors (Lipinski definition) is 3. The van der Waals surface area contributed by atoms with Gasteiger partial charge >= 0.3 is 6.09 Å². The minimum Gasteiger partial charge on any atom is -0.444 e. The number of nitrogens with zero attached hydrogens (tertiary/aromatic N) is 1. The van der Waals surface area contributed by atoms with E-state index in [1.807, 2.05) is 31.2 Å². The van der Waals surface area contributed by atoms with Crippen LogP contribution in [0.1, 0.15) is 77.0 Å². The van der Waals surface area contributed by atoms with Crippen LogP contribution in [0.15, 0.2) is 36.9 Å². The topological polar surface area (TPSA) is 108 Å². The third-order valence-corrected chi connectivity index (χ3v) is 6.00. The van der Waals surface area contributed by atoms with Crippen LogP contribution in [0.25, 0.3) is 0 Å². The van der Waals surface area contributed by atoms with E-state index in [2.05, 4.69) is 17.2 Å². The summed E-state index contributed by atoms with van der Waals surface area (Å²) in [5.74, 6) is -0.882. The molecule has 0 saturated heterocycles. The zero-order valence-corrected chi connectivity index (χ0v) is 21.5. The quantitative estimate of drug-likeness (QED) is 0.437. The van der Waals surface area contributed by atoms with Gasteiger partial charge in [0.05, 0.1) is 6.61 Å². The maximum absolute atomic E-state index is 13.6. The molecule has 1 aromatic rings. The van der Waals surface area contributed by atoms with Crippen LogP contribution in [0.3, 0.4) is 0 Å². The number of carbonyl (C=O) groups excluding carboxylic acids is 3. The number of hydrogen-bond acceptors (Lipinski definition) is 5. The zero-order valence-electron chi connectivity index (χ0n) is 21.5. The molecule has 0 aliphatic heterocycles. The van der Waals surface area contributed by atoms with Gasteiger partial charge in [-0.05, 0) is 51.2 Å². The van der Waals surface area contributed by atoms with Gasteiger partial charge in [-0.15, -0.1) is 6.58 Å². The Morgan fingerprint density at radius 1 is 1.17 bits per heavy atom. The lowest BCUT2D eigenvalue weighted by Gasteiger charge is -2.34. The van der Waals surface area contributed by atoms with Crippen molar-refractivity contribution in [2.75, 3.05) is 13.2 Å². The summed E-state index contributed by atoms with van der Waals surface area (Å²) in [5, 5.41) is 15.5. The van der Waals surface area contributed by atoms with E-state index < -0.39 is 36.3 Å². The molecule has 0 radical (unpaired) electrons. The Balaban J connectivity index is 2.36. The maximum atomic E-state index is 13.6. The highest BCUT2D eigenvalue weighted by Gasteiger charge is 2.36. The molecule has 0 heterocycles. The monoisotopic (exact) mass is 487 g/mol. The molecule has 8 nitrogen and oxygen atoms in total. The van der Waals surface area contributed by atoms with Gasteiger partial charge in [-0.1, -0.05) is 56.5 Å². The van der Waals surface area contributed by atoms with Gasteiger partial charge in [0, 0.05) is 12.6 Å². The number of ether oxygens (including phenoxy) is 1. The molecule has 2 unspecified atom stereocenters. The summed E-state index contributed by atoms with van der Waals surface area (Å²) >= 11 is 0. The molecule has 35 heavy (non-hydrogen) atoms. The summed E-state index contributed by atoms with van der Waals surface area (Å²) in [5.41, 5.74) is 0.999. The van der Waals surface area contributed by atoms with E-state index >= 15 is 0 Å². The van der Waals surface area contributed by atoms with E-state index in [1.54, 1.807) is 20.8 Å². The smallest absolute Gasteiger partial charge is 0.408 e. The molecule has 3 amide bonds. The third-order valence-electron chi connectivity index (χ3n) is 6.00. The van der Waals surface area contributed by atoms with Crippen molar-refractivity contribution in [1.82, 2.24) is 15.5 Å². The zero-order chi connectivity index (χ0) is 26.0. The van der Waals surface area contributed by atoms with E-state index in [4.69, 9.17) is 4.74 Å². The highest BCUT2D eigenvalue weighted by molar-refractivity contribution is 5.92. The minimum absolute atomic E-state index is 0.0582. The largest absolute Gasteiger partial charge is 0.444 e. The molecule has 0 aromatic heterocycles. The average molecular weight is 488 g/mol. The SMILES string of the molecule is C=CCN(C(=O)C(CO)NC(=O)OC(C)(C)C)C(C(=O)NC1CCCCC1)c1ccc(CC)cc1. The summed E-state index contributed by atoms with van der Waals surface area (Å²) in [4.78, 5) is 40.8. The molecule has 1 aliphatic rings. The number of aryl methyl sites for hydroxylation is 1. The lowest BCUT2D eigenvalue weighted by atomic mass is 9.94. The number of carbonyl (C=O) groups is 3. The van der Waals surface area contributed by atoms with Crippen LogP contribution >= 0.6 is 0 Å². The lowest BCUT2D eigenvalue weighted by molar-refractivity contribution is -0.143. The fourth-order valence-electron chi connectivity index (χ4n) is 4.23. The highest BCUT2D eigenvalue weighted by Crippen LogP contribution is 2.25. The van der Waals surface area contributed by atoms with Crippen LogP contribution in [-0.2, 0) is 20.7 Å². The highest BCUT2D eigenvalue weighted by atomic mass is 16.6. The molecule has 1 saturated carbocycles. The maximum Gasteiger partial charge on any atom is 0.408 e. The van der Waals surface area contributed by atoms with Gasteiger partial charge in [-0.2, -0.15) is 0 Å². The molecule has 194 valence electrons. The first kappa shape index (κ1) is 28.4. The molecule has 8 heteroatoms. The Labute approximate surface area is 209 Å². The fraction of sp³-hybridized carbons (Fsp3) is 0.593. The predicted molar refractivity (Wildman–Crippen MR) is 136 cm³/mol. The number of rotatable bonds is 10. The van der Waals surface area contributed by atoms with E-state index in [0.29, 0.717) is 5.56 Å². The van der Waals surface area contributed by atoms with Crippen molar-refractivity contribution in [1.29, 1.82) is 0 Å². The molecule has 1 fully saturated rings. The van der Waals surface area contributed by atoms with Crippen LogP contribution in [-0.4, -0.2) is 58.8 Å². The van der Waals surface area contributed by atoms with E-state index in [1.165, 1.54) is 11.0 Å². The summed E-state index contributed by atoms with van der Waals surface area (Å²) in [6.45, 7) is 10.3. The second-order valence-electron chi connectivity index (χ2n) is 10.0. The van der Waals surface area contributed by atoms with Gasteiger partial charge in [0.25, 0.3) is 0 Å². The summed E-state index contributed by atoms with van der Waals surface area (Å²) in [6.07, 6.45) is 6.64. The summed E-state index contributed by atoms with van der Waals surface area (Å²) in [6, 6.07) is 5.42. The van der Waals surface area contributed by atoms with Crippen LogP contribution in [0.2, 0.25) is 0 Å². The van der Waals surface area contributed by atoms with Crippen molar-refractivity contribution in [2.24, 2.45) is 0 Å². The number of benzene rings is 1. The summed E-state index contributed by atoms with van der Waals surface area (Å²) in [7, 11) is 0. The van der Waals surface area contributed by atoms with Crippen LogP contribution < -0.4 is 10.6 Å². The Morgan fingerprint density at radius 3 is 2.31 bits per heavy atom. The number of nitrogens with one attached hydrogen (secondary N) is 2. The number of amides is 3. The molecule has 1 aromatic carbocycles. The van der Waals surface area contributed by atoms with Gasteiger partial charge in [0.15, 0.2) is 0 Å². The molecule has 0 bridgehead atoms. The van der Waals surface area contributed by atoms with E-state index in [0.717, 1.165) is 44.1 Å². The van der Waals surface area contributed by atoms with Gasteiger partial charge in [-0.3, -0.25) is 9.59 Å². The van der Waals surface area contributed by atoms with Gasteiger partial charge in [-0.25, -0.2) is 4.79 Å². The second kappa shape index (κ2) is 13.3. The fourth-order valence-corrected chi connectivity index (χ4v) is 4.23.